The topological polar surface area (TPSA) is 56.8 Å². The number of nitrogens with one attached hydrogen (secondary N) is 1. The van der Waals surface area contributed by atoms with Gasteiger partial charge in [-0.1, -0.05) is 6.08 Å². The predicted molar refractivity (Wildman–Crippen MR) is 84.7 cm³/mol. The third-order valence-corrected chi connectivity index (χ3v) is 4.46. The van der Waals surface area contributed by atoms with Crippen LogP contribution in [-0.4, -0.2) is 50.6 Å². The van der Waals surface area contributed by atoms with Gasteiger partial charge < -0.3 is 19.5 Å². The van der Waals surface area contributed by atoms with Crippen LogP contribution in [0.1, 0.15) is 39.0 Å². The van der Waals surface area contributed by atoms with Crippen LogP contribution in [0, 0.1) is 5.92 Å². The Labute approximate surface area is 133 Å². The number of hydrogen-bond donors (Lipinski definition) is 1. The molecule has 1 aliphatic heterocycles. The highest BCUT2D eigenvalue weighted by Crippen LogP contribution is 2.27. The molecule has 0 amide bonds. The third kappa shape index (κ3) is 5.38. The lowest BCUT2D eigenvalue weighted by Gasteiger charge is -2.28. The van der Waals surface area contributed by atoms with Crippen LogP contribution in [0.5, 0.6) is 0 Å². The molecular formula is C17H29NO4. The summed E-state index contributed by atoms with van der Waals surface area (Å²) in [5, 5.41) is 3.44. The van der Waals surface area contributed by atoms with Crippen LogP contribution in [0.3, 0.4) is 0 Å². The number of carbonyl (C=O) groups is 1. The van der Waals surface area contributed by atoms with E-state index in [1.165, 1.54) is 0 Å². The number of carbonyl (C=O) groups excluding carboxylic acids is 1. The van der Waals surface area contributed by atoms with Crippen molar-refractivity contribution in [1.29, 1.82) is 0 Å². The first kappa shape index (κ1) is 17.4. The molecule has 22 heavy (non-hydrogen) atoms. The van der Waals surface area contributed by atoms with Crippen molar-refractivity contribution in [3.8, 4) is 0 Å². The van der Waals surface area contributed by atoms with E-state index in [-0.39, 0.29) is 24.1 Å². The van der Waals surface area contributed by atoms with Gasteiger partial charge in [-0.05, 0) is 39.0 Å². The number of hydrogen-bond acceptors (Lipinski definition) is 5. The van der Waals surface area contributed by atoms with Gasteiger partial charge in [0.15, 0.2) is 0 Å². The van der Waals surface area contributed by atoms with Crippen LogP contribution < -0.4 is 5.32 Å². The molecule has 0 radical (unpaired) electrons. The fraction of sp³-hybridized carbons (Fsp3) is 0.824. The molecule has 1 saturated carbocycles. The Bertz CT molecular complexity index is 353. The van der Waals surface area contributed by atoms with Crippen molar-refractivity contribution in [2.45, 2.75) is 57.3 Å². The van der Waals surface area contributed by atoms with Crippen molar-refractivity contribution in [3.05, 3.63) is 12.7 Å². The summed E-state index contributed by atoms with van der Waals surface area (Å²) >= 11 is 0. The van der Waals surface area contributed by atoms with Crippen molar-refractivity contribution in [3.63, 3.8) is 0 Å². The molecule has 0 aromatic carbocycles. The first-order chi connectivity index (χ1) is 10.7. The van der Waals surface area contributed by atoms with Crippen molar-refractivity contribution >= 4 is 5.97 Å². The highest BCUT2D eigenvalue weighted by molar-refractivity contribution is 5.72. The summed E-state index contributed by atoms with van der Waals surface area (Å²) in [6, 6.07) is 0.373. The summed E-state index contributed by atoms with van der Waals surface area (Å²) in [6.45, 7) is 8.21. The monoisotopic (exact) mass is 311 g/mol. The SMILES string of the molecule is C=CCOC1CNC(COC2CCC(C(=O)OCC)CC2)C1. The molecule has 0 spiro atoms. The van der Waals surface area contributed by atoms with Crippen LogP contribution >= 0.6 is 0 Å². The Balaban J connectivity index is 1.59. The van der Waals surface area contributed by atoms with Gasteiger partial charge in [0.05, 0.1) is 37.9 Å². The highest BCUT2D eigenvalue weighted by Gasteiger charge is 2.29. The van der Waals surface area contributed by atoms with Gasteiger partial charge in [-0.25, -0.2) is 0 Å². The Kier molecular flexibility index (Phi) is 7.36. The largest absolute Gasteiger partial charge is 0.466 e. The second-order valence-corrected chi connectivity index (χ2v) is 6.14. The molecular weight excluding hydrogens is 282 g/mol. The van der Waals surface area contributed by atoms with Crippen molar-refractivity contribution in [1.82, 2.24) is 5.32 Å². The fourth-order valence-electron chi connectivity index (χ4n) is 3.22. The van der Waals surface area contributed by atoms with Gasteiger partial charge in [0.25, 0.3) is 0 Å². The lowest BCUT2D eigenvalue weighted by Crippen LogP contribution is -2.32. The van der Waals surface area contributed by atoms with E-state index in [2.05, 4.69) is 11.9 Å². The van der Waals surface area contributed by atoms with E-state index in [0.717, 1.165) is 45.3 Å². The Morgan fingerprint density at radius 2 is 2.00 bits per heavy atom. The van der Waals surface area contributed by atoms with Crippen LogP contribution in [0.15, 0.2) is 12.7 Å². The molecule has 2 rings (SSSR count). The van der Waals surface area contributed by atoms with E-state index >= 15 is 0 Å². The molecule has 0 aromatic heterocycles. The Hall–Kier alpha value is -0.910. The zero-order valence-corrected chi connectivity index (χ0v) is 13.6. The Morgan fingerprint density at radius 3 is 2.68 bits per heavy atom. The Morgan fingerprint density at radius 1 is 1.23 bits per heavy atom. The van der Waals surface area contributed by atoms with Crippen molar-refractivity contribution in [2.75, 3.05) is 26.4 Å². The molecule has 1 aliphatic carbocycles. The molecule has 2 fully saturated rings. The summed E-state index contributed by atoms with van der Waals surface area (Å²) in [4.78, 5) is 11.7. The maximum Gasteiger partial charge on any atom is 0.308 e. The third-order valence-electron chi connectivity index (χ3n) is 4.46. The lowest BCUT2D eigenvalue weighted by atomic mass is 9.87. The molecule has 126 valence electrons. The molecule has 5 nitrogen and oxygen atoms in total. The van der Waals surface area contributed by atoms with Crippen LogP contribution in [0.25, 0.3) is 0 Å². The minimum Gasteiger partial charge on any atom is -0.466 e. The summed E-state index contributed by atoms with van der Waals surface area (Å²) in [5.41, 5.74) is 0. The summed E-state index contributed by atoms with van der Waals surface area (Å²) in [7, 11) is 0. The molecule has 1 heterocycles. The normalized spacial score (nSPS) is 31.9. The van der Waals surface area contributed by atoms with E-state index in [1.54, 1.807) is 6.08 Å². The first-order valence-corrected chi connectivity index (χ1v) is 8.47. The van der Waals surface area contributed by atoms with Crippen LogP contribution in [0.2, 0.25) is 0 Å². The smallest absolute Gasteiger partial charge is 0.308 e. The first-order valence-electron chi connectivity index (χ1n) is 8.47. The average Bonchev–Trinajstić information content (AvgIpc) is 2.99. The van der Waals surface area contributed by atoms with E-state index in [9.17, 15) is 4.79 Å². The number of esters is 1. The molecule has 0 bridgehead atoms. The standard InChI is InChI=1S/C17H29NO4/c1-3-9-21-16-10-14(18-11-16)12-22-15-7-5-13(6-8-15)17(19)20-4-2/h3,13-16,18H,1,4-12H2,2H3. The fourth-order valence-corrected chi connectivity index (χ4v) is 3.22. The van der Waals surface area contributed by atoms with Gasteiger partial charge in [-0.15, -0.1) is 6.58 Å². The summed E-state index contributed by atoms with van der Waals surface area (Å²) in [5.74, 6) is 0.0294. The molecule has 2 unspecified atom stereocenters. The minimum absolute atomic E-state index is 0.0411. The lowest BCUT2D eigenvalue weighted by molar-refractivity contribution is -0.150. The summed E-state index contributed by atoms with van der Waals surface area (Å²) in [6.07, 6.45) is 6.99. The van der Waals surface area contributed by atoms with Gasteiger partial charge in [0.1, 0.15) is 0 Å². The van der Waals surface area contributed by atoms with E-state index < -0.39 is 0 Å². The van der Waals surface area contributed by atoms with E-state index in [1.807, 2.05) is 6.92 Å². The highest BCUT2D eigenvalue weighted by atomic mass is 16.5. The predicted octanol–water partition coefficient (Wildman–Crippen LogP) is 2.06. The quantitative estimate of drug-likeness (QED) is 0.549. The maximum atomic E-state index is 11.7. The van der Waals surface area contributed by atoms with Crippen molar-refractivity contribution < 1.29 is 19.0 Å². The van der Waals surface area contributed by atoms with E-state index in [4.69, 9.17) is 14.2 Å². The van der Waals surface area contributed by atoms with Crippen molar-refractivity contribution in [2.24, 2.45) is 5.92 Å². The van der Waals surface area contributed by atoms with Gasteiger partial charge in [-0.2, -0.15) is 0 Å². The maximum absolute atomic E-state index is 11.7. The van der Waals surface area contributed by atoms with Crippen LogP contribution in [0.4, 0.5) is 0 Å². The second-order valence-electron chi connectivity index (χ2n) is 6.14. The zero-order valence-electron chi connectivity index (χ0n) is 13.6. The van der Waals surface area contributed by atoms with Gasteiger partial charge in [0, 0.05) is 12.6 Å². The van der Waals surface area contributed by atoms with Crippen LogP contribution in [-0.2, 0) is 19.0 Å². The molecule has 1 saturated heterocycles. The second kappa shape index (κ2) is 9.28. The van der Waals surface area contributed by atoms with E-state index in [0.29, 0.717) is 19.3 Å². The molecule has 2 atom stereocenters. The molecule has 1 N–H and O–H groups in total. The minimum atomic E-state index is -0.0411. The molecule has 2 aliphatic rings. The average molecular weight is 311 g/mol. The van der Waals surface area contributed by atoms with Gasteiger partial charge >= 0.3 is 5.97 Å². The number of rotatable bonds is 8. The zero-order chi connectivity index (χ0) is 15.8. The van der Waals surface area contributed by atoms with Gasteiger partial charge in [0.2, 0.25) is 0 Å². The molecule has 0 aromatic rings. The van der Waals surface area contributed by atoms with Gasteiger partial charge in [-0.3, -0.25) is 4.79 Å². The number of ether oxygens (including phenoxy) is 3. The molecule has 5 heteroatoms. The summed E-state index contributed by atoms with van der Waals surface area (Å²) < 4.78 is 16.8.